The maximum absolute atomic E-state index is 9.67. The lowest BCUT2D eigenvalue weighted by Crippen LogP contribution is -2.19. The predicted molar refractivity (Wildman–Crippen MR) is 63.4 cm³/mol. The summed E-state index contributed by atoms with van der Waals surface area (Å²) in [5, 5.41) is 23.5. The third kappa shape index (κ3) is 2.94. The first kappa shape index (κ1) is 11.4. The molecule has 0 atom stereocenters. The largest absolute Gasteiger partial charge is 0.463 e. The van der Waals surface area contributed by atoms with Crippen LogP contribution in [0.1, 0.15) is 10.6 Å². The molecule has 17 heavy (non-hydrogen) atoms. The van der Waals surface area contributed by atoms with Crippen molar-refractivity contribution in [3.8, 4) is 0 Å². The Morgan fingerprint density at radius 2 is 2.35 bits per heavy atom. The lowest BCUT2D eigenvalue weighted by molar-refractivity contribution is -0.761. The molecule has 0 fully saturated rings. The average Bonchev–Trinajstić information content (AvgIpc) is 2.97. The molecule has 0 aromatic carbocycles. The molecule has 2 aromatic rings. The minimum absolute atomic E-state index is 0.0436. The highest BCUT2D eigenvalue weighted by atomic mass is 32.1. The zero-order valence-corrected chi connectivity index (χ0v) is 9.67. The number of thiophene rings is 1. The summed E-state index contributed by atoms with van der Waals surface area (Å²) in [6.07, 6.45) is 3.03. The first-order chi connectivity index (χ1) is 8.29. The van der Waals surface area contributed by atoms with Gasteiger partial charge in [0.15, 0.2) is 11.5 Å². The van der Waals surface area contributed by atoms with E-state index in [-0.39, 0.29) is 12.3 Å². The van der Waals surface area contributed by atoms with Gasteiger partial charge in [-0.15, -0.1) is 11.3 Å². The molecule has 0 aliphatic heterocycles. The van der Waals surface area contributed by atoms with Gasteiger partial charge < -0.3 is 9.62 Å². The van der Waals surface area contributed by atoms with Crippen LogP contribution in [0.2, 0.25) is 0 Å². The second-order valence-corrected chi connectivity index (χ2v) is 4.25. The Kier molecular flexibility index (Phi) is 3.56. The maximum Gasteiger partial charge on any atom is 0.241 e. The van der Waals surface area contributed by atoms with E-state index < -0.39 is 0 Å². The highest BCUT2D eigenvalue weighted by Gasteiger charge is 2.15. The zero-order valence-electron chi connectivity index (χ0n) is 8.85. The van der Waals surface area contributed by atoms with E-state index in [1.807, 2.05) is 17.5 Å². The normalized spacial score (nSPS) is 12.9. The van der Waals surface area contributed by atoms with E-state index in [0.717, 1.165) is 9.62 Å². The summed E-state index contributed by atoms with van der Waals surface area (Å²) in [6.45, 7) is 0.0436. The van der Waals surface area contributed by atoms with E-state index in [1.54, 1.807) is 18.3 Å². The van der Waals surface area contributed by atoms with Crippen molar-refractivity contribution >= 4 is 23.3 Å². The topological polar surface area (TPSA) is 69.0 Å². The highest BCUT2D eigenvalue weighted by Crippen LogP contribution is 2.05. The standard InChI is InChI=1S/C11H10N2O3S/c14-12-10(11-4-1-5-16-11)8-13(15)7-9-3-2-6-17-9/h1-7H,8H2,(H-,14,15)/p+1. The van der Waals surface area contributed by atoms with Crippen molar-refractivity contribution in [1.29, 1.82) is 0 Å². The van der Waals surface area contributed by atoms with Crippen molar-refractivity contribution in [1.82, 2.24) is 0 Å². The van der Waals surface area contributed by atoms with Crippen LogP contribution in [-0.4, -0.2) is 33.6 Å². The summed E-state index contributed by atoms with van der Waals surface area (Å²) in [4.78, 5) is 0.907. The molecule has 0 aliphatic rings. The van der Waals surface area contributed by atoms with E-state index in [2.05, 4.69) is 5.16 Å². The fourth-order valence-corrected chi connectivity index (χ4v) is 1.97. The molecule has 88 valence electrons. The van der Waals surface area contributed by atoms with Gasteiger partial charge in [-0.3, -0.25) is 5.21 Å². The molecular formula is C11H11N2O3S+. The lowest BCUT2D eigenvalue weighted by atomic mass is 10.3. The SMILES string of the molecule is ON=C(C[N+](O)=Cc1cccs1)c1ccco1. The van der Waals surface area contributed by atoms with Crippen LogP contribution in [-0.2, 0) is 0 Å². The van der Waals surface area contributed by atoms with Gasteiger partial charge in [0.1, 0.15) is 0 Å². The first-order valence-electron chi connectivity index (χ1n) is 4.88. The molecule has 0 radical (unpaired) electrons. The fourth-order valence-electron chi connectivity index (χ4n) is 1.31. The molecule has 0 spiro atoms. The summed E-state index contributed by atoms with van der Waals surface area (Å²) < 4.78 is 6.03. The molecular weight excluding hydrogens is 240 g/mol. The van der Waals surface area contributed by atoms with Crippen molar-refractivity contribution in [2.75, 3.05) is 6.54 Å². The average molecular weight is 251 g/mol. The Labute approximate surface area is 102 Å². The van der Waals surface area contributed by atoms with E-state index in [0.29, 0.717) is 5.76 Å². The Balaban J connectivity index is 2.10. The van der Waals surface area contributed by atoms with Crippen molar-refractivity contribution in [2.45, 2.75) is 0 Å². The lowest BCUT2D eigenvalue weighted by Gasteiger charge is -1.95. The minimum Gasteiger partial charge on any atom is -0.463 e. The summed E-state index contributed by atoms with van der Waals surface area (Å²) in [5.74, 6) is 0.422. The maximum atomic E-state index is 9.67. The molecule has 5 nitrogen and oxygen atoms in total. The number of hydrogen-bond donors (Lipinski definition) is 2. The number of hydroxylamine groups is 1. The van der Waals surface area contributed by atoms with E-state index in [9.17, 15) is 5.21 Å². The molecule has 2 heterocycles. The second kappa shape index (κ2) is 5.31. The van der Waals surface area contributed by atoms with Crippen LogP contribution in [0.4, 0.5) is 0 Å². The van der Waals surface area contributed by atoms with Crippen LogP contribution >= 0.6 is 11.3 Å². The van der Waals surface area contributed by atoms with Crippen LogP contribution < -0.4 is 0 Å². The number of furan rings is 1. The molecule has 0 amide bonds. The third-order valence-electron chi connectivity index (χ3n) is 2.06. The second-order valence-electron chi connectivity index (χ2n) is 3.27. The quantitative estimate of drug-likeness (QED) is 0.378. The van der Waals surface area contributed by atoms with Gasteiger partial charge in [0.2, 0.25) is 12.8 Å². The van der Waals surface area contributed by atoms with Gasteiger partial charge in [-0.05, 0) is 28.3 Å². The molecule has 2 aromatic heterocycles. The van der Waals surface area contributed by atoms with Crippen molar-refractivity contribution in [3.63, 3.8) is 0 Å². The number of rotatable bonds is 4. The zero-order chi connectivity index (χ0) is 12.1. The Bertz CT molecular complexity index is 515. The van der Waals surface area contributed by atoms with Gasteiger partial charge in [0, 0.05) is 0 Å². The fraction of sp³-hybridized carbons (Fsp3) is 0.0909. The van der Waals surface area contributed by atoms with Gasteiger partial charge in [0.05, 0.1) is 11.1 Å². The van der Waals surface area contributed by atoms with Crippen molar-refractivity contribution in [3.05, 3.63) is 46.5 Å². The summed E-state index contributed by atoms with van der Waals surface area (Å²) in [7, 11) is 0. The monoisotopic (exact) mass is 251 g/mol. The van der Waals surface area contributed by atoms with Gasteiger partial charge in [-0.25, -0.2) is 0 Å². The Morgan fingerprint density at radius 3 is 2.94 bits per heavy atom. The summed E-state index contributed by atoms with van der Waals surface area (Å²) >= 11 is 1.50. The van der Waals surface area contributed by atoms with E-state index in [4.69, 9.17) is 9.62 Å². The summed E-state index contributed by atoms with van der Waals surface area (Å²) in [5.41, 5.74) is 0.255. The number of nitrogens with zero attached hydrogens (tertiary/aromatic N) is 2. The van der Waals surface area contributed by atoms with Gasteiger partial charge >= 0.3 is 0 Å². The molecule has 2 rings (SSSR count). The first-order valence-corrected chi connectivity index (χ1v) is 5.76. The Hall–Kier alpha value is -2.08. The molecule has 0 bridgehead atoms. The smallest absolute Gasteiger partial charge is 0.241 e. The van der Waals surface area contributed by atoms with Crippen LogP contribution in [0.3, 0.4) is 0 Å². The van der Waals surface area contributed by atoms with E-state index >= 15 is 0 Å². The minimum atomic E-state index is 0.0436. The highest BCUT2D eigenvalue weighted by molar-refractivity contribution is 7.11. The van der Waals surface area contributed by atoms with Crippen molar-refractivity contribution < 1.29 is 19.6 Å². The molecule has 0 aliphatic carbocycles. The summed E-state index contributed by atoms with van der Waals surface area (Å²) in [6, 6.07) is 7.10. The number of oxime groups is 1. The van der Waals surface area contributed by atoms with Gasteiger partial charge in [-0.1, -0.05) is 11.2 Å². The van der Waals surface area contributed by atoms with Crippen LogP contribution in [0.25, 0.3) is 0 Å². The van der Waals surface area contributed by atoms with Gasteiger partial charge in [0.25, 0.3) is 0 Å². The van der Waals surface area contributed by atoms with Crippen LogP contribution in [0, 0.1) is 0 Å². The molecule has 0 saturated carbocycles. The molecule has 0 unspecified atom stereocenters. The third-order valence-corrected chi connectivity index (χ3v) is 2.86. The number of hydrogen-bond acceptors (Lipinski definition) is 5. The predicted octanol–water partition coefficient (Wildman–Crippen LogP) is 2.04. The molecule has 6 heteroatoms. The van der Waals surface area contributed by atoms with Crippen LogP contribution in [0.15, 0.2) is 45.5 Å². The van der Waals surface area contributed by atoms with Crippen molar-refractivity contribution in [2.24, 2.45) is 5.16 Å². The van der Waals surface area contributed by atoms with Gasteiger partial charge in [-0.2, -0.15) is 0 Å². The molecule has 0 saturated heterocycles. The Morgan fingerprint density at radius 1 is 1.47 bits per heavy atom. The van der Waals surface area contributed by atoms with Crippen LogP contribution in [0.5, 0.6) is 0 Å². The van der Waals surface area contributed by atoms with E-state index in [1.165, 1.54) is 17.6 Å². The molecule has 2 N–H and O–H groups in total.